The summed E-state index contributed by atoms with van der Waals surface area (Å²) in [6, 6.07) is 0. The third-order valence-electron chi connectivity index (χ3n) is 3.19. The van der Waals surface area contributed by atoms with Gasteiger partial charge in [0.1, 0.15) is 6.10 Å². The summed E-state index contributed by atoms with van der Waals surface area (Å²) in [6.45, 7) is 1.73. The van der Waals surface area contributed by atoms with Gasteiger partial charge in [-0.1, -0.05) is 25.7 Å². The molecule has 0 radical (unpaired) electrons. The number of rotatable bonds is 9. The Labute approximate surface area is 109 Å². The largest absolute Gasteiger partial charge is 0.455 e. The van der Waals surface area contributed by atoms with Crippen molar-refractivity contribution in [3.05, 3.63) is 11.6 Å². The number of unbranched alkanes of at least 4 members (excludes halogenated alkanes) is 4. The second kappa shape index (κ2) is 8.27. The number of hydrogen-bond acceptors (Lipinski definition) is 4. The molecule has 0 amide bonds. The van der Waals surface area contributed by atoms with Crippen LogP contribution in [0.3, 0.4) is 0 Å². The maximum absolute atomic E-state index is 11.3. The van der Waals surface area contributed by atoms with Crippen LogP contribution < -0.4 is 0 Å². The fraction of sp³-hybridized carbons (Fsp3) is 0.786. The number of esters is 1. The number of aliphatic hydroxyl groups is 2. The van der Waals surface area contributed by atoms with Gasteiger partial charge in [-0.05, 0) is 32.3 Å². The Bertz CT molecular complexity index is 286. The van der Waals surface area contributed by atoms with E-state index in [0.717, 1.165) is 44.1 Å². The normalized spacial score (nSPS) is 20.7. The number of cyclic esters (lactones) is 1. The highest BCUT2D eigenvalue weighted by molar-refractivity contribution is 5.90. The van der Waals surface area contributed by atoms with E-state index in [2.05, 4.69) is 0 Å². The van der Waals surface area contributed by atoms with E-state index in [9.17, 15) is 4.79 Å². The number of carbonyl (C=O) groups is 1. The highest BCUT2D eigenvalue weighted by Crippen LogP contribution is 2.19. The van der Waals surface area contributed by atoms with Gasteiger partial charge in [-0.2, -0.15) is 0 Å². The van der Waals surface area contributed by atoms with Gasteiger partial charge in [-0.15, -0.1) is 0 Å². The molecule has 1 rings (SSSR count). The summed E-state index contributed by atoms with van der Waals surface area (Å²) in [5, 5.41) is 17.8. The molecule has 1 aliphatic rings. The molecule has 0 spiro atoms. The average molecular weight is 256 g/mol. The van der Waals surface area contributed by atoms with Crippen molar-refractivity contribution in [1.29, 1.82) is 0 Å². The molecular weight excluding hydrogens is 232 g/mol. The van der Waals surface area contributed by atoms with Crippen molar-refractivity contribution in [2.45, 2.75) is 64.1 Å². The summed E-state index contributed by atoms with van der Waals surface area (Å²) < 4.78 is 5.03. The molecule has 104 valence electrons. The van der Waals surface area contributed by atoms with E-state index in [1.807, 2.05) is 13.0 Å². The van der Waals surface area contributed by atoms with E-state index in [-0.39, 0.29) is 18.7 Å². The first kappa shape index (κ1) is 15.2. The Morgan fingerprint density at radius 1 is 1.28 bits per heavy atom. The van der Waals surface area contributed by atoms with Crippen LogP contribution in [0.1, 0.15) is 51.9 Å². The summed E-state index contributed by atoms with van der Waals surface area (Å²) in [5.41, 5.74) is 0.818. The zero-order valence-corrected chi connectivity index (χ0v) is 11.1. The van der Waals surface area contributed by atoms with Crippen LogP contribution in [-0.4, -0.2) is 35.0 Å². The van der Waals surface area contributed by atoms with Gasteiger partial charge >= 0.3 is 5.97 Å². The SMILES string of the molecule is C[C@H]1C=C(CCCCCCC[C@H](O)CO)C(=O)O1. The van der Waals surface area contributed by atoms with Crippen molar-refractivity contribution in [3.63, 3.8) is 0 Å². The van der Waals surface area contributed by atoms with Gasteiger partial charge in [0, 0.05) is 5.57 Å². The minimum atomic E-state index is -0.565. The molecule has 4 nitrogen and oxygen atoms in total. The fourth-order valence-electron chi connectivity index (χ4n) is 2.13. The molecule has 0 saturated carbocycles. The van der Waals surface area contributed by atoms with Gasteiger partial charge in [0.25, 0.3) is 0 Å². The first-order chi connectivity index (χ1) is 8.63. The second-order valence-electron chi connectivity index (χ2n) is 4.95. The smallest absolute Gasteiger partial charge is 0.334 e. The van der Waals surface area contributed by atoms with Gasteiger partial charge in [0.2, 0.25) is 0 Å². The summed E-state index contributed by atoms with van der Waals surface area (Å²) in [4.78, 5) is 11.3. The molecule has 0 aromatic carbocycles. The monoisotopic (exact) mass is 256 g/mol. The molecule has 18 heavy (non-hydrogen) atoms. The molecule has 2 N–H and O–H groups in total. The van der Waals surface area contributed by atoms with Crippen LogP contribution in [0.5, 0.6) is 0 Å². The molecule has 0 unspecified atom stereocenters. The Hall–Kier alpha value is -0.870. The van der Waals surface area contributed by atoms with Gasteiger partial charge in [-0.25, -0.2) is 4.79 Å². The predicted molar refractivity (Wildman–Crippen MR) is 69.0 cm³/mol. The molecule has 0 aromatic heterocycles. The maximum Gasteiger partial charge on any atom is 0.334 e. The van der Waals surface area contributed by atoms with Gasteiger partial charge in [-0.3, -0.25) is 0 Å². The van der Waals surface area contributed by atoms with E-state index >= 15 is 0 Å². The quantitative estimate of drug-likeness (QED) is 0.489. The van der Waals surface area contributed by atoms with Crippen LogP contribution in [0.15, 0.2) is 11.6 Å². The van der Waals surface area contributed by atoms with Crippen LogP contribution in [-0.2, 0) is 9.53 Å². The van der Waals surface area contributed by atoms with E-state index in [0.29, 0.717) is 6.42 Å². The van der Waals surface area contributed by atoms with Crippen molar-refractivity contribution < 1.29 is 19.7 Å². The Balaban J connectivity index is 1.96. The lowest BCUT2D eigenvalue weighted by Gasteiger charge is -2.06. The first-order valence-electron chi connectivity index (χ1n) is 6.84. The maximum atomic E-state index is 11.3. The zero-order valence-electron chi connectivity index (χ0n) is 11.1. The number of hydrogen-bond donors (Lipinski definition) is 2. The molecule has 1 heterocycles. The molecule has 2 atom stereocenters. The highest BCUT2D eigenvalue weighted by atomic mass is 16.5. The molecule has 4 heteroatoms. The zero-order chi connectivity index (χ0) is 13.4. The van der Waals surface area contributed by atoms with Gasteiger partial charge < -0.3 is 14.9 Å². The van der Waals surface area contributed by atoms with E-state index in [1.54, 1.807) is 0 Å². The highest BCUT2D eigenvalue weighted by Gasteiger charge is 2.20. The molecule has 0 aliphatic carbocycles. The minimum absolute atomic E-state index is 0.0625. The molecule has 0 fully saturated rings. The standard InChI is InChI=1S/C14H24O4/c1-11-9-12(14(17)18-11)7-5-3-2-4-6-8-13(16)10-15/h9,11,13,15-16H,2-8,10H2,1H3/t11-,13-/m0/s1. The van der Waals surface area contributed by atoms with Gasteiger partial charge in [0.05, 0.1) is 12.7 Å². The van der Waals surface area contributed by atoms with Crippen LogP contribution in [0.2, 0.25) is 0 Å². The van der Waals surface area contributed by atoms with Crippen LogP contribution >= 0.6 is 0 Å². The number of ether oxygens (including phenoxy) is 1. The van der Waals surface area contributed by atoms with Crippen molar-refractivity contribution in [3.8, 4) is 0 Å². The van der Waals surface area contributed by atoms with Crippen molar-refractivity contribution >= 4 is 5.97 Å². The molecular formula is C14H24O4. The van der Waals surface area contributed by atoms with Crippen LogP contribution in [0.4, 0.5) is 0 Å². The average Bonchev–Trinajstić information content (AvgIpc) is 2.66. The van der Waals surface area contributed by atoms with Crippen LogP contribution in [0, 0.1) is 0 Å². The van der Waals surface area contributed by atoms with Crippen molar-refractivity contribution in [1.82, 2.24) is 0 Å². The summed E-state index contributed by atoms with van der Waals surface area (Å²) in [5.74, 6) is -0.159. The fourth-order valence-corrected chi connectivity index (χ4v) is 2.13. The van der Waals surface area contributed by atoms with Gasteiger partial charge in [0.15, 0.2) is 0 Å². The number of aliphatic hydroxyl groups excluding tert-OH is 2. The summed E-state index contributed by atoms with van der Waals surface area (Å²) in [7, 11) is 0. The minimum Gasteiger partial charge on any atom is -0.455 e. The van der Waals surface area contributed by atoms with Crippen molar-refractivity contribution in [2.24, 2.45) is 0 Å². The van der Waals surface area contributed by atoms with Crippen LogP contribution in [0.25, 0.3) is 0 Å². The lowest BCUT2D eigenvalue weighted by atomic mass is 10.0. The van der Waals surface area contributed by atoms with E-state index < -0.39 is 6.10 Å². The lowest BCUT2D eigenvalue weighted by molar-refractivity contribution is -0.139. The third kappa shape index (κ3) is 5.65. The molecule has 1 aliphatic heterocycles. The van der Waals surface area contributed by atoms with E-state index in [1.165, 1.54) is 0 Å². The number of carbonyl (C=O) groups excluding carboxylic acids is 1. The summed E-state index contributed by atoms with van der Waals surface area (Å²) in [6.07, 6.45) is 7.98. The molecule has 0 saturated heterocycles. The molecule has 0 bridgehead atoms. The first-order valence-corrected chi connectivity index (χ1v) is 6.84. The third-order valence-corrected chi connectivity index (χ3v) is 3.19. The van der Waals surface area contributed by atoms with E-state index in [4.69, 9.17) is 14.9 Å². The molecule has 0 aromatic rings. The second-order valence-corrected chi connectivity index (χ2v) is 4.95. The predicted octanol–water partition coefficient (Wildman–Crippen LogP) is 1.94. The lowest BCUT2D eigenvalue weighted by Crippen LogP contribution is -2.10. The Morgan fingerprint density at radius 2 is 1.94 bits per heavy atom. The topological polar surface area (TPSA) is 66.8 Å². The Kier molecular flexibility index (Phi) is 6.98. The summed E-state index contributed by atoms with van der Waals surface area (Å²) >= 11 is 0. The van der Waals surface area contributed by atoms with Crippen molar-refractivity contribution in [2.75, 3.05) is 6.61 Å². The Morgan fingerprint density at radius 3 is 2.56 bits per heavy atom.